The number of hydrogen-bond acceptors (Lipinski definition) is 3. The molecule has 0 saturated carbocycles. The molecule has 1 aromatic heterocycles. The van der Waals surface area contributed by atoms with E-state index in [4.69, 9.17) is 17.3 Å². The molecule has 2 N–H and O–H groups in total. The number of carbonyl (C=O) groups excluding carboxylic acids is 1. The molecule has 0 aliphatic carbocycles. The first-order chi connectivity index (χ1) is 8.95. The highest BCUT2D eigenvalue weighted by Crippen LogP contribution is 2.34. The van der Waals surface area contributed by atoms with Crippen molar-refractivity contribution in [3.63, 3.8) is 0 Å². The highest BCUT2D eigenvalue weighted by molar-refractivity contribution is 6.38. The lowest BCUT2D eigenvalue weighted by Gasteiger charge is -2.09. The maximum Gasteiger partial charge on any atom is 0.325 e. The zero-order valence-electron chi connectivity index (χ0n) is 9.99. The highest BCUT2D eigenvalue weighted by atomic mass is 35.5. The molecule has 0 amide bonds. The Morgan fingerprint density at radius 2 is 2.21 bits per heavy atom. The summed E-state index contributed by atoms with van der Waals surface area (Å²) in [6.45, 7) is -0.306. The summed E-state index contributed by atoms with van der Waals surface area (Å²) in [5, 5.41) is 0.587. The van der Waals surface area contributed by atoms with E-state index in [0.29, 0.717) is 16.6 Å². The van der Waals surface area contributed by atoms with E-state index < -0.39 is 12.4 Å². The normalized spacial score (nSPS) is 11.2. The number of anilines is 1. The Kier molecular flexibility index (Phi) is 3.61. The van der Waals surface area contributed by atoms with E-state index in [2.05, 4.69) is 4.74 Å². The Balaban J connectivity index is 2.67. The van der Waals surface area contributed by atoms with Gasteiger partial charge in [-0.2, -0.15) is 0 Å². The lowest BCUT2D eigenvalue weighted by Crippen LogP contribution is -2.13. The SMILES string of the molecule is COC(=O)Cn1c(C(F)F)cc2c(Cl)c(N)ccc21. The third-order valence-electron chi connectivity index (χ3n) is 2.82. The predicted octanol–water partition coefficient (Wildman–Crippen LogP) is 2.99. The second-order valence-corrected chi connectivity index (χ2v) is 4.31. The summed E-state index contributed by atoms with van der Waals surface area (Å²) in [6.07, 6.45) is -2.73. The number of esters is 1. The molecule has 0 fully saturated rings. The molecular weight excluding hydrogens is 278 g/mol. The van der Waals surface area contributed by atoms with Gasteiger partial charge in [-0.25, -0.2) is 8.78 Å². The van der Waals surface area contributed by atoms with Crippen molar-refractivity contribution in [3.05, 3.63) is 28.9 Å². The van der Waals surface area contributed by atoms with Crippen molar-refractivity contribution >= 4 is 34.2 Å². The molecule has 2 aromatic rings. The summed E-state index contributed by atoms with van der Waals surface area (Å²) in [7, 11) is 1.20. The van der Waals surface area contributed by atoms with Crippen LogP contribution in [0.4, 0.5) is 14.5 Å². The second-order valence-electron chi connectivity index (χ2n) is 3.93. The minimum absolute atomic E-state index is 0.197. The summed E-state index contributed by atoms with van der Waals surface area (Å²) in [6, 6.07) is 4.29. The molecular formula is C12H11ClF2N2O2. The number of nitrogen functional groups attached to an aromatic ring is 1. The number of halogens is 3. The Morgan fingerprint density at radius 1 is 1.53 bits per heavy atom. The number of fused-ring (bicyclic) bond motifs is 1. The van der Waals surface area contributed by atoms with Gasteiger partial charge in [-0.05, 0) is 18.2 Å². The van der Waals surface area contributed by atoms with Gasteiger partial charge in [0.15, 0.2) is 0 Å². The number of nitrogens with two attached hydrogens (primary N) is 1. The van der Waals surface area contributed by atoms with Crippen LogP contribution in [0.1, 0.15) is 12.1 Å². The van der Waals surface area contributed by atoms with Gasteiger partial charge in [0.25, 0.3) is 6.43 Å². The minimum Gasteiger partial charge on any atom is -0.468 e. The molecule has 7 heteroatoms. The van der Waals surface area contributed by atoms with Gasteiger partial charge in [0, 0.05) is 5.39 Å². The molecule has 0 bridgehead atoms. The Labute approximate surface area is 112 Å². The maximum absolute atomic E-state index is 13.0. The molecule has 19 heavy (non-hydrogen) atoms. The Hall–Kier alpha value is -1.82. The van der Waals surface area contributed by atoms with Crippen LogP contribution in [0.3, 0.4) is 0 Å². The molecule has 1 heterocycles. The monoisotopic (exact) mass is 288 g/mol. The van der Waals surface area contributed by atoms with E-state index in [1.807, 2.05) is 0 Å². The van der Waals surface area contributed by atoms with Crippen LogP contribution in [-0.2, 0) is 16.1 Å². The smallest absolute Gasteiger partial charge is 0.325 e. The van der Waals surface area contributed by atoms with Gasteiger partial charge in [0.2, 0.25) is 0 Å². The lowest BCUT2D eigenvalue weighted by molar-refractivity contribution is -0.141. The zero-order chi connectivity index (χ0) is 14.2. The van der Waals surface area contributed by atoms with Crippen molar-refractivity contribution in [2.45, 2.75) is 13.0 Å². The summed E-state index contributed by atoms with van der Waals surface area (Å²) < 4.78 is 31.7. The van der Waals surface area contributed by atoms with Gasteiger partial charge < -0.3 is 15.0 Å². The number of aromatic nitrogens is 1. The van der Waals surface area contributed by atoms with Crippen LogP contribution < -0.4 is 5.73 Å². The number of ether oxygens (including phenoxy) is 1. The average molecular weight is 289 g/mol. The molecule has 0 aliphatic rings. The Bertz CT molecular complexity index is 640. The van der Waals surface area contributed by atoms with Crippen LogP contribution >= 0.6 is 11.6 Å². The van der Waals surface area contributed by atoms with Gasteiger partial charge in [-0.3, -0.25) is 4.79 Å². The summed E-state index contributed by atoms with van der Waals surface area (Å²) in [5.74, 6) is -0.618. The maximum atomic E-state index is 13.0. The van der Waals surface area contributed by atoms with Crippen molar-refractivity contribution in [2.75, 3.05) is 12.8 Å². The third-order valence-corrected chi connectivity index (χ3v) is 3.24. The first kappa shape index (κ1) is 13.6. The van der Waals surface area contributed by atoms with E-state index in [1.165, 1.54) is 23.8 Å². The van der Waals surface area contributed by atoms with Gasteiger partial charge in [-0.15, -0.1) is 0 Å². The largest absolute Gasteiger partial charge is 0.468 e. The topological polar surface area (TPSA) is 57.2 Å². The van der Waals surface area contributed by atoms with Gasteiger partial charge in [-0.1, -0.05) is 11.6 Å². The molecule has 0 atom stereocenters. The molecule has 1 aromatic carbocycles. The highest BCUT2D eigenvalue weighted by Gasteiger charge is 2.20. The van der Waals surface area contributed by atoms with Crippen LogP contribution in [0.2, 0.25) is 5.02 Å². The van der Waals surface area contributed by atoms with Crippen molar-refractivity contribution in [2.24, 2.45) is 0 Å². The second kappa shape index (κ2) is 5.05. The first-order valence-corrected chi connectivity index (χ1v) is 5.75. The molecule has 0 unspecified atom stereocenters. The fraction of sp³-hybridized carbons (Fsp3) is 0.250. The minimum atomic E-state index is -2.73. The number of alkyl halides is 2. The van der Waals surface area contributed by atoms with Crippen molar-refractivity contribution in [1.82, 2.24) is 4.57 Å². The summed E-state index contributed by atoms with van der Waals surface area (Å²) in [4.78, 5) is 11.3. The van der Waals surface area contributed by atoms with E-state index in [1.54, 1.807) is 6.07 Å². The molecule has 0 radical (unpaired) electrons. The van der Waals surface area contributed by atoms with E-state index >= 15 is 0 Å². The van der Waals surface area contributed by atoms with Crippen LogP contribution in [0.15, 0.2) is 18.2 Å². The van der Waals surface area contributed by atoms with Gasteiger partial charge in [0.05, 0.1) is 29.0 Å². The number of hydrogen-bond donors (Lipinski definition) is 1. The zero-order valence-corrected chi connectivity index (χ0v) is 10.7. The molecule has 0 spiro atoms. The summed E-state index contributed by atoms with van der Waals surface area (Å²) >= 11 is 5.99. The summed E-state index contributed by atoms with van der Waals surface area (Å²) in [5.41, 5.74) is 6.04. The molecule has 0 aliphatic heterocycles. The van der Waals surface area contributed by atoms with Crippen LogP contribution in [0, 0.1) is 0 Å². The number of benzene rings is 1. The number of methoxy groups -OCH3 is 1. The molecule has 4 nitrogen and oxygen atoms in total. The number of carbonyl (C=O) groups is 1. The predicted molar refractivity (Wildman–Crippen MR) is 68.3 cm³/mol. The van der Waals surface area contributed by atoms with Crippen molar-refractivity contribution in [3.8, 4) is 0 Å². The molecule has 0 saturated heterocycles. The number of nitrogens with zero attached hydrogens (tertiary/aromatic N) is 1. The van der Waals surface area contributed by atoms with E-state index in [0.717, 1.165) is 0 Å². The fourth-order valence-electron chi connectivity index (χ4n) is 1.89. The fourth-order valence-corrected chi connectivity index (χ4v) is 2.10. The van der Waals surface area contributed by atoms with Crippen LogP contribution in [0.5, 0.6) is 0 Å². The number of rotatable bonds is 3. The van der Waals surface area contributed by atoms with E-state index in [9.17, 15) is 13.6 Å². The van der Waals surface area contributed by atoms with Crippen LogP contribution in [0.25, 0.3) is 10.9 Å². The van der Waals surface area contributed by atoms with Crippen molar-refractivity contribution < 1.29 is 18.3 Å². The van der Waals surface area contributed by atoms with Gasteiger partial charge in [0.1, 0.15) is 6.54 Å². The molecule has 2 rings (SSSR count). The first-order valence-electron chi connectivity index (χ1n) is 5.37. The Morgan fingerprint density at radius 3 is 2.79 bits per heavy atom. The average Bonchev–Trinajstić information content (AvgIpc) is 2.73. The van der Waals surface area contributed by atoms with E-state index in [-0.39, 0.29) is 17.3 Å². The van der Waals surface area contributed by atoms with Crippen LogP contribution in [-0.4, -0.2) is 17.6 Å². The quantitative estimate of drug-likeness (QED) is 0.698. The third kappa shape index (κ3) is 2.35. The van der Waals surface area contributed by atoms with Gasteiger partial charge >= 0.3 is 5.97 Å². The molecule has 102 valence electrons. The van der Waals surface area contributed by atoms with Crippen molar-refractivity contribution in [1.29, 1.82) is 0 Å². The lowest BCUT2D eigenvalue weighted by atomic mass is 10.2. The standard InChI is InChI=1S/C12H11ClF2N2O2/c1-19-10(18)5-17-8-3-2-7(16)11(13)6(8)4-9(17)12(14)15/h2-4,12H,5,16H2,1H3.